The molecular formula is C11H13ClN2O3S. The number of amides is 1. The first kappa shape index (κ1) is 13.3. The summed E-state index contributed by atoms with van der Waals surface area (Å²) in [6, 6.07) is 2.90. The maximum atomic E-state index is 11.8. The number of nitrogens with one attached hydrogen (secondary N) is 1. The number of hydrogen-bond donors (Lipinski definition) is 2. The topological polar surface area (TPSA) is 89.3 Å². The van der Waals surface area contributed by atoms with Gasteiger partial charge in [-0.05, 0) is 37.5 Å². The van der Waals surface area contributed by atoms with Crippen LogP contribution in [0, 0.1) is 6.92 Å². The summed E-state index contributed by atoms with van der Waals surface area (Å²) < 4.78 is 22.8. The molecule has 1 aliphatic carbocycles. The molecular weight excluding hydrogens is 276 g/mol. The Morgan fingerprint density at radius 3 is 2.56 bits per heavy atom. The molecule has 18 heavy (non-hydrogen) atoms. The van der Waals surface area contributed by atoms with Crippen LogP contribution in [-0.2, 0) is 10.0 Å². The zero-order valence-corrected chi connectivity index (χ0v) is 11.3. The van der Waals surface area contributed by atoms with Crippen LogP contribution < -0.4 is 10.5 Å². The molecule has 98 valence electrons. The number of carbonyl (C=O) groups excluding carboxylic acids is 1. The molecule has 0 heterocycles. The number of primary sulfonamides is 1. The van der Waals surface area contributed by atoms with Gasteiger partial charge in [0.2, 0.25) is 10.0 Å². The number of carbonyl (C=O) groups is 1. The lowest BCUT2D eigenvalue weighted by atomic mass is 10.1. The van der Waals surface area contributed by atoms with Crippen molar-refractivity contribution >= 4 is 27.5 Å². The SMILES string of the molecule is Cc1c(Cl)cc(C(=O)NC2CC2)cc1S(N)(=O)=O. The van der Waals surface area contributed by atoms with Crippen LogP contribution in [0.5, 0.6) is 0 Å². The minimum atomic E-state index is -3.89. The molecule has 1 aromatic rings. The van der Waals surface area contributed by atoms with Crippen molar-refractivity contribution in [2.45, 2.75) is 30.7 Å². The molecule has 0 radical (unpaired) electrons. The highest BCUT2D eigenvalue weighted by Gasteiger charge is 2.25. The molecule has 5 nitrogen and oxygen atoms in total. The van der Waals surface area contributed by atoms with E-state index in [1.54, 1.807) is 6.92 Å². The molecule has 1 fully saturated rings. The van der Waals surface area contributed by atoms with E-state index in [2.05, 4.69) is 5.32 Å². The van der Waals surface area contributed by atoms with Gasteiger partial charge >= 0.3 is 0 Å². The highest BCUT2D eigenvalue weighted by Crippen LogP contribution is 2.25. The molecule has 0 aromatic heterocycles. The summed E-state index contributed by atoms with van der Waals surface area (Å²) in [5.74, 6) is -0.329. The van der Waals surface area contributed by atoms with Gasteiger partial charge in [-0.1, -0.05) is 11.6 Å². The van der Waals surface area contributed by atoms with Crippen LogP contribution in [0.15, 0.2) is 17.0 Å². The summed E-state index contributed by atoms with van der Waals surface area (Å²) in [7, 11) is -3.89. The third-order valence-corrected chi connectivity index (χ3v) is 4.21. The van der Waals surface area contributed by atoms with Crippen molar-refractivity contribution in [3.8, 4) is 0 Å². The average molecular weight is 289 g/mol. The van der Waals surface area contributed by atoms with Gasteiger partial charge in [-0.3, -0.25) is 4.79 Å². The zero-order valence-electron chi connectivity index (χ0n) is 9.73. The Kier molecular flexibility index (Phi) is 3.35. The zero-order chi connectivity index (χ0) is 13.5. The Morgan fingerprint density at radius 2 is 2.06 bits per heavy atom. The lowest BCUT2D eigenvalue weighted by molar-refractivity contribution is 0.0951. The molecule has 3 N–H and O–H groups in total. The molecule has 1 amide bonds. The summed E-state index contributed by atoms with van der Waals surface area (Å²) in [5, 5.41) is 8.06. The van der Waals surface area contributed by atoms with Crippen molar-refractivity contribution in [3.63, 3.8) is 0 Å². The molecule has 0 aliphatic heterocycles. The number of halogens is 1. The Labute approximate surface area is 110 Å². The van der Waals surface area contributed by atoms with Gasteiger partial charge in [-0.2, -0.15) is 0 Å². The first-order chi connectivity index (χ1) is 8.29. The number of benzene rings is 1. The molecule has 0 spiro atoms. The van der Waals surface area contributed by atoms with Gasteiger partial charge in [0.15, 0.2) is 0 Å². The van der Waals surface area contributed by atoms with Gasteiger partial charge in [0.05, 0.1) is 4.90 Å². The van der Waals surface area contributed by atoms with Crippen LogP contribution in [0.4, 0.5) is 0 Å². The summed E-state index contributed by atoms with van der Waals surface area (Å²) in [6.45, 7) is 1.55. The fraction of sp³-hybridized carbons (Fsp3) is 0.364. The number of rotatable bonds is 3. The second-order valence-corrected chi connectivity index (χ2v) is 6.31. The minimum Gasteiger partial charge on any atom is -0.349 e. The van der Waals surface area contributed by atoms with E-state index in [9.17, 15) is 13.2 Å². The van der Waals surface area contributed by atoms with E-state index in [4.69, 9.17) is 16.7 Å². The fourth-order valence-electron chi connectivity index (χ4n) is 1.58. The molecule has 2 rings (SSSR count). The smallest absolute Gasteiger partial charge is 0.251 e. The fourth-order valence-corrected chi connectivity index (χ4v) is 2.68. The standard InChI is InChI=1S/C11H13ClN2O3S/c1-6-9(12)4-7(5-10(6)18(13,16)17)11(15)14-8-2-3-8/h4-5,8H,2-3H2,1H3,(H,14,15)(H2,13,16,17). The van der Waals surface area contributed by atoms with Crippen LogP contribution in [0.3, 0.4) is 0 Å². The first-order valence-corrected chi connectivity index (χ1v) is 7.35. The minimum absolute atomic E-state index is 0.115. The normalized spacial score (nSPS) is 15.5. The van der Waals surface area contributed by atoms with Crippen molar-refractivity contribution in [1.29, 1.82) is 0 Å². The van der Waals surface area contributed by atoms with Gasteiger partial charge < -0.3 is 5.32 Å². The van der Waals surface area contributed by atoms with Gasteiger partial charge in [0.1, 0.15) is 0 Å². The molecule has 1 saturated carbocycles. The molecule has 0 atom stereocenters. The van der Waals surface area contributed by atoms with Gasteiger partial charge in [-0.25, -0.2) is 13.6 Å². The largest absolute Gasteiger partial charge is 0.349 e. The average Bonchev–Trinajstić information content (AvgIpc) is 3.03. The summed E-state index contributed by atoms with van der Waals surface area (Å²) in [6.07, 6.45) is 1.90. The Morgan fingerprint density at radius 1 is 1.44 bits per heavy atom. The quantitative estimate of drug-likeness (QED) is 0.875. The Balaban J connectivity index is 2.43. The molecule has 7 heteroatoms. The van der Waals surface area contributed by atoms with E-state index in [0.29, 0.717) is 5.56 Å². The lowest BCUT2D eigenvalue weighted by Gasteiger charge is -2.09. The summed E-state index contributed by atoms with van der Waals surface area (Å²) in [4.78, 5) is 11.7. The van der Waals surface area contributed by atoms with Gasteiger partial charge in [0, 0.05) is 16.6 Å². The van der Waals surface area contributed by atoms with Crippen LogP contribution in [0.25, 0.3) is 0 Å². The summed E-state index contributed by atoms with van der Waals surface area (Å²) in [5.41, 5.74) is 0.559. The van der Waals surface area contributed by atoms with E-state index >= 15 is 0 Å². The van der Waals surface area contributed by atoms with Crippen LogP contribution in [-0.4, -0.2) is 20.4 Å². The summed E-state index contributed by atoms with van der Waals surface area (Å²) >= 11 is 5.92. The highest BCUT2D eigenvalue weighted by atomic mass is 35.5. The highest BCUT2D eigenvalue weighted by molar-refractivity contribution is 7.89. The van der Waals surface area contributed by atoms with Crippen LogP contribution in [0.1, 0.15) is 28.8 Å². The number of hydrogen-bond acceptors (Lipinski definition) is 3. The predicted octanol–water partition coefficient (Wildman–Crippen LogP) is 1.19. The van der Waals surface area contributed by atoms with E-state index in [-0.39, 0.29) is 27.4 Å². The van der Waals surface area contributed by atoms with Crippen molar-refractivity contribution in [2.75, 3.05) is 0 Å². The third-order valence-electron chi connectivity index (χ3n) is 2.78. The van der Waals surface area contributed by atoms with Gasteiger partial charge in [0.25, 0.3) is 5.91 Å². The lowest BCUT2D eigenvalue weighted by Crippen LogP contribution is -2.26. The third kappa shape index (κ3) is 2.82. The molecule has 0 bridgehead atoms. The van der Waals surface area contributed by atoms with Crippen molar-refractivity contribution in [1.82, 2.24) is 5.32 Å². The number of nitrogens with two attached hydrogens (primary N) is 1. The first-order valence-electron chi connectivity index (χ1n) is 5.43. The van der Waals surface area contributed by atoms with Crippen LogP contribution >= 0.6 is 11.6 Å². The Hall–Kier alpha value is -1.11. The van der Waals surface area contributed by atoms with E-state index in [0.717, 1.165) is 12.8 Å². The van der Waals surface area contributed by atoms with Gasteiger partial charge in [-0.15, -0.1) is 0 Å². The molecule has 1 aromatic carbocycles. The second kappa shape index (κ2) is 4.53. The Bertz CT molecular complexity index is 609. The second-order valence-electron chi connectivity index (χ2n) is 4.37. The molecule has 1 aliphatic rings. The monoisotopic (exact) mass is 288 g/mol. The van der Waals surface area contributed by atoms with E-state index < -0.39 is 10.0 Å². The maximum absolute atomic E-state index is 11.8. The maximum Gasteiger partial charge on any atom is 0.251 e. The van der Waals surface area contributed by atoms with Crippen LogP contribution in [0.2, 0.25) is 5.02 Å². The van der Waals surface area contributed by atoms with E-state index in [1.807, 2.05) is 0 Å². The molecule has 0 unspecified atom stereocenters. The van der Waals surface area contributed by atoms with Crippen molar-refractivity contribution in [2.24, 2.45) is 5.14 Å². The van der Waals surface area contributed by atoms with E-state index in [1.165, 1.54) is 12.1 Å². The van der Waals surface area contributed by atoms with Crippen molar-refractivity contribution < 1.29 is 13.2 Å². The predicted molar refractivity (Wildman–Crippen MR) is 68.1 cm³/mol. The number of sulfonamides is 1. The van der Waals surface area contributed by atoms with Crippen molar-refractivity contribution in [3.05, 3.63) is 28.3 Å². The molecule has 0 saturated heterocycles.